The molecule has 1 heterocycles. The van der Waals surface area contributed by atoms with E-state index in [0.29, 0.717) is 0 Å². The molecule has 0 saturated carbocycles. The molecular formula is C14H17N3. The van der Waals surface area contributed by atoms with Crippen molar-refractivity contribution < 1.29 is 0 Å². The van der Waals surface area contributed by atoms with Crippen molar-refractivity contribution in [2.24, 2.45) is 0 Å². The van der Waals surface area contributed by atoms with Crippen molar-refractivity contribution in [2.75, 3.05) is 7.05 Å². The largest absolute Gasteiger partial charge is 0.309 e. The van der Waals surface area contributed by atoms with Gasteiger partial charge in [0.15, 0.2) is 0 Å². The van der Waals surface area contributed by atoms with Crippen LogP contribution in [0.15, 0.2) is 36.9 Å². The standard InChI is InChI=1S/C14H17N3/c1-10-4-11(2)6-12(5-10)14(15-3)13-7-16-9-17-8-13/h4-9,14-15H,1-3H3. The number of nitrogens with zero attached hydrogens (tertiary/aromatic N) is 2. The van der Waals surface area contributed by atoms with Gasteiger partial charge < -0.3 is 5.32 Å². The fraction of sp³-hybridized carbons (Fsp3) is 0.286. The van der Waals surface area contributed by atoms with Crippen LogP contribution in [-0.4, -0.2) is 17.0 Å². The summed E-state index contributed by atoms with van der Waals surface area (Å²) in [5, 5.41) is 3.31. The van der Waals surface area contributed by atoms with Gasteiger partial charge in [-0.3, -0.25) is 0 Å². The third kappa shape index (κ3) is 2.68. The molecule has 0 aliphatic heterocycles. The minimum atomic E-state index is 0.148. The first kappa shape index (κ1) is 11.7. The van der Waals surface area contributed by atoms with E-state index in [1.807, 2.05) is 19.4 Å². The fourth-order valence-electron chi connectivity index (χ4n) is 2.16. The van der Waals surface area contributed by atoms with Gasteiger partial charge in [-0.2, -0.15) is 0 Å². The van der Waals surface area contributed by atoms with Crippen LogP contribution in [0.3, 0.4) is 0 Å². The Bertz CT molecular complexity index is 474. The molecule has 0 radical (unpaired) electrons. The monoisotopic (exact) mass is 227 g/mol. The Hall–Kier alpha value is -1.74. The number of nitrogens with one attached hydrogen (secondary N) is 1. The molecule has 0 aliphatic carbocycles. The Kier molecular flexibility index (Phi) is 3.49. The highest BCUT2D eigenvalue weighted by atomic mass is 14.9. The average Bonchev–Trinajstić information content (AvgIpc) is 2.30. The number of rotatable bonds is 3. The van der Waals surface area contributed by atoms with Gasteiger partial charge in [-0.15, -0.1) is 0 Å². The Balaban J connectivity index is 2.42. The Morgan fingerprint density at radius 1 is 0.941 bits per heavy atom. The summed E-state index contributed by atoms with van der Waals surface area (Å²) in [6, 6.07) is 6.72. The van der Waals surface area contributed by atoms with Crippen molar-refractivity contribution in [1.29, 1.82) is 0 Å². The van der Waals surface area contributed by atoms with Crippen LogP contribution in [0.4, 0.5) is 0 Å². The molecule has 0 saturated heterocycles. The number of hydrogen-bond donors (Lipinski definition) is 1. The normalized spacial score (nSPS) is 12.4. The zero-order valence-electron chi connectivity index (χ0n) is 10.4. The number of benzene rings is 1. The molecule has 0 bridgehead atoms. The number of hydrogen-bond acceptors (Lipinski definition) is 3. The van der Waals surface area contributed by atoms with Crippen LogP contribution in [0, 0.1) is 13.8 Å². The highest BCUT2D eigenvalue weighted by Gasteiger charge is 2.12. The van der Waals surface area contributed by atoms with Gasteiger partial charge in [0.05, 0.1) is 6.04 Å². The van der Waals surface area contributed by atoms with Crippen LogP contribution in [0.1, 0.15) is 28.3 Å². The first-order chi connectivity index (χ1) is 8.20. The lowest BCUT2D eigenvalue weighted by molar-refractivity contribution is 0.683. The second kappa shape index (κ2) is 5.06. The summed E-state index contributed by atoms with van der Waals surface area (Å²) in [5.74, 6) is 0. The van der Waals surface area contributed by atoms with Gasteiger partial charge in [0.1, 0.15) is 6.33 Å². The summed E-state index contributed by atoms with van der Waals surface area (Å²) in [6.07, 6.45) is 5.26. The molecule has 1 aromatic carbocycles. The van der Waals surface area contributed by atoms with Crippen molar-refractivity contribution in [3.05, 3.63) is 59.2 Å². The summed E-state index contributed by atoms with van der Waals surface area (Å²) in [4.78, 5) is 8.15. The highest BCUT2D eigenvalue weighted by molar-refractivity contribution is 5.35. The second-order valence-electron chi connectivity index (χ2n) is 4.31. The molecule has 1 N–H and O–H groups in total. The van der Waals surface area contributed by atoms with Crippen molar-refractivity contribution in [3.8, 4) is 0 Å². The van der Waals surface area contributed by atoms with E-state index in [0.717, 1.165) is 5.56 Å². The Morgan fingerprint density at radius 3 is 2.06 bits per heavy atom. The third-order valence-electron chi connectivity index (χ3n) is 2.78. The lowest BCUT2D eigenvalue weighted by Gasteiger charge is -2.17. The van der Waals surface area contributed by atoms with E-state index in [-0.39, 0.29) is 6.04 Å². The average molecular weight is 227 g/mol. The quantitative estimate of drug-likeness (QED) is 0.875. The van der Waals surface area contributed by atoms with Crippen LogP contribution >= 0.6 is 0 Å². The van der Waals surface area contributed by atoms with Crippen LogP contribution < -0.4 is 5.32 Å². The molecule has 17 heavy (non-hydrogen) atoms. The van der Waals surface area contributed by atoms with Crippen molar-refractivity contribution in [3.63, 3.8) is 0 Å². The summed E-state index contributed by atoms with van der Waals surface area (Å²) in [7, 11) is 1.95. The van der Waals surface area contributed by atoms with E-state index in [4.69, 9.17) is 0 Å². The SMILES string of the molecule is CNC(c1cncnc1)c1cc(C)cc(C)c1. The maximum atomic E-state index is 4.07. The van der Waals surface area contributed by atoms with Gasteiger partial charge >= 0.3 is 0 Å². The molecule has 0 amide bonds. The molecule has 2 aromatic rings. The Morgan fingerprint density at radius 2 is 1.53 bits per heavy atom. The predicted octanol–water partition coefficient (Wildman–Crippen LogP) is 2.40. The van der Waals surface area contributed by atoms with E-state index in [1.54, 1.807) is 6.33 Å². The summed E-state index contributed by atoms with van der Waals surface area (Å²) in [6.45, 7) is 4.23. The first-order valence-electron chi connectivity index (χ1n) is 5.71. The fourth-order valence-corrected chi connectivity index (χ4v) is 2.16. The Labute approximate surface area is 102 Å². The first-order valence-corrected chi connectivity index (χ1v) is 5.71. The molecule has 1 aromatic heterocycles. The zero-order chi connectivity index (χ0) is 12.3. The molecule has 0 aliphatic rings. The molecule has 88 valence electrons. The molecule has 3 heteroatoms. The van der Waals surface area contributed by atoms with E-state index < -0.39 is 0 Å². The van der Waals surface area contributed by atoms with Crippen LogP contribution in [-0.2, 0) is 0 Å². The smallest absolute Gasteiger partial charge is 0.115 e. The van der Waals surface area contributed by atoms with E-state index in [2.05, 4.69) is 47.3 Å². The molecule has 0 spiro atoms. The van der Waals surface area contributed by atoms with Crippen molar-refractivity contribution >= 4 is 0 Å². The molecule has 1 atom stereocenters. The second-order valence-corrected chi connectivity index (χ2v) is 4.31. The summed E-state index contributed by atoms with van der Waals surface area (Å²) in [5.41, 5.74) is 4.88. The van der Waals surface area contributed by atoms with Crippen molar-refractivity contribution in [1.82, 2.24) is 15.3 Å². The molecule has 0 fully saturated rings. The van der Waals surface area contributed by atoms with Gasteiger partial charge in [0.2, 0.25) is 0 Å². The van der Waals surface area contributed by atoms with Gasteiger partial charge in [0.25, 0.3) is 0 Å². The topological polar surface area (TPSA) is 37.8 Å². The lowest BCUT2D eigenvalue weighted by atomic mass is 9.97. The minimum absolute atomic E-state index is 0.148. The predicted molar refractivity (Wildman–Crippen MR) is 68.9 cm³/mol. The summed E-state index contributed by atoms with van der Waals surface area (Å²) >= 11 is 0. The summed E-state index contributed by atoms with van der Waals surface area (Å²) < 4.78 is 0. The van der Waals surface area contributed by atoms with E-state index in [9.17, 15) is 0 Å². The zero-order valence-corrected chi connectivity index (χ0v) is 10.4. The van der Waals surface area contributed by atoms with Crippen LogP contribution in [0.25, 0.3) is 0 Å². The van der Waals surface area contributed by atoms with Crippen molar-refractivity contribution in [2.45, 2.75) is 19.9 Å². The van der Waals surface area contributed by atoms with Gasteiger partial charge in [-0.1, -0.05) is 29.3 Å². The minimum Gasteiger partial charge on any atom is -0.309 e. The van der Waals surface area contributed by atoms with E-state index in [1.165, 1.54) is 16.7 Å². The third-order valence-corrected chi connectivity index (χ3v) is 2.78. The number of aryl methyl sites for hydroxylation is 2. The van der Waals surface area contributed by atoms with Crippen LogP contribution in [0.2, 0.25) is 0 Å². The molecule has 3 nitrogen and oxygen atoms in total. The van der Waals surface area contributed by atoms with Gasteiger partial charge in [-0.05, 0) is 26.5 Å². The van der Waals surface area contributed by atoms with Gasteiger partial charge in [0, 0.05) is 18.0 Å². The number of aromatic nitrogens is 2. The lowest BCUT2D eigenvalue weighted by Crippen LogP contribution is -2.18. The molecule has 2 rings (SSSR count). The molecular weight excluding hydrogens is 210 g/mol. The maximum Gasteiger partial charge on any atom is 0.115 e. The van der Waals surface area contributed by atoms with Crippen LogP contribution in [0.5, 0.6) is 0 Å². The van der Waals surface area contributed by atoms with Gasteiger partial charge in [-0.25, -0.2) is 9.97 Å². The molecule has 1 unspecified atom stereocenters. The highest BCUT2D eigenvalue weighted by Crippen LogP contribution is 2.22. The van der Waals surface area contributed by atoms with E-state index >= 15 is 0 Å². The maximum absolute atomic E-state index is 4.07.